The van der Waals surface area contributed by atoms with Gasteiger partial charge in [0, 0.05) is 5.56 Å². The first kappa shape index (κ1) is 19.8. The lowest BCUT2D eigenvalue weighted by Gasteiger charge is -2.03. The second kappa shape index (κ2) is 9.34. The summed E-state index contributed by atoms with van der Waals surface area (Å²) in [4.78, 5) is 12.4. The van der Waals surface area contributed by atoms with Crippen LogP contribution in [0.3, 0.4) is 0 Å². The van der Waals surface area contributed by atoms with Gasteiger partial charge in [0.05, 0.1) is 6.21 Å². The van der Waals surface area contributed by atoms with E-state index in [4.69, 9.17) is 0 Å². The van der Waals surface area contributed by atoms with Gasteiger partial charge in [0.1, 0.15) is 11.6 Å². The van der Waals surface area contributed by atoms with Crippen LogP contribution in [0.2, 0.25) is 0 Å². The molecule has 0 radical (unpaired) electrons. The fourth-order valence-electron chi connectivity index (χ4n) is 3.30. The Balaban J connectivity index is 1.47. The molecule has 0 atom stereocenters. The van der Waals surface area contributed by atoms with E-state index in [9.17, 15) is 10.1 Å². The van der Waals surface area contributed by atoms with Crippen molar-refractivity contribution in [3.63, 3.8) is 0 Å². The van der Waals surface area contributed by atoms with E-state index in [0.717, 1.165) is 33.0 Å². The first-order valence-corrected chi connectivity index (χ1v) is 9.83. The molecule has 4 aromatic carbocycles. The van der Waals surface area contributed by atoms with E-state index >= 15 is 0 Å². The van der Waals surface area contributed by atoms with Crippen molar-refractivity contribution in [1.29, 1.82) is 5.26 Å². The van der Waals surface area contributed by atoms with Crippen LogP contribution >= 0.6 is 0 Å². The highest BCUT2D eigenvalue weighted by molar-refractivity contribution is 6.03. The minimum atomic E-state index is -0.550. The molecule has 4 nitrogen and oxygen atoms in total. The summed E-state index contributed by atoms with van der Waals surface area (Å²) in [5.41, 5.74) is 6.27. The molecule has 1 N–H and O–H groups in total. The smallest absolute Gasteiger partial charge is 0.267 e. The van der Waals surface area contributed by atoms with Crippen LogP contribution in [0.1, 0.15) is 11.1 Å². The van der Waals surface area contributed by atoms with E-state index in [-0.39, 0.29) is 5.57 Å². The molecule has 4 rings (SSSR count). The van der Waals surface area contributed by atoms with Gasteiger partial charge < -0.3 is 0 Å². The fraction of sp³-hybridized carbons (Fsp3) is 0. The van der Waals surface area contributed by atoms with Gasteiger partial charge in [-0.2, -0.15) is 10.4 Å². The molecular formula is C27H19N3O. The molecule has 0 spiro atoms. The number of fused-ring (bicyclic) bond motifs is 1. The third-order valence-corrected chi connectivity index (χ3v) is 4.89. The molecule has 0 aromatic heterocycles. The van der Waals surface area contributed by atoms with Crippen molar-refractivity contribution < 1.29 is 4.79 Å². The second-order valence-electron chi connectivity index (χ2n) is 6.93. The van der Waals surface area contributed by atoms with Crippen molar-refractivity contribution in [1.82, 2.24) is 5.43 Å². The number of hydrogen-bond acceptors (Lipinski definition) is 3. The fourth-order valence-corrected chi connectivity index (χ4v) is 3.30. The normalized spacial score (nSPS) is 11.4. The van der Waals surface area contributed by atoms with Gasteiger partial charge in [-0.15, -0.1) is 0 Å². The van der Waals surface area contributed by atoms with Crippen LogP contribution in [0, 0.1) is 11.3 Å². The topological polar surface area (TPSA) is 65.2 Å². The maximum Gasteiger partial charge on any atom is 0.282 e. The number of hydrazone groups is 1. The van der Waals surface area contributed by atoms with Crippen molar-refractivity contribution in [2.75, 3.05) is 0 Å². The molecule has 4 heteroatoms. The first-order chi connectivity index (χ1) is 15.2. The lowest BCUT2D eigenvalue weighted by atomic mass is 10.0. The zero-order valence-electron chi connectivity index (χ0n) is 16.7. The Bertz CT molecular complexity index is 1310. The minimum absolute atomic E-state index is 0.0115. The van der Waals surface area contributed by atoms with Gasteiger partial charge in [0.2, 0.25) is 0 Å². The van der Waals surface area contributed by atoms with Crippen LogP contribution in [0.5, 0.6) is 0 Å². The zero-order chi connectivity index (χ0) is 21.5. The SMILES string of the molecule is N#C/C(=C\c1ccc(-c2ccccc2)cc1)C(=O)N/N=C/c1cccc2ccccc12. The van der Waals surface area contributed by atoms with Gasteiger partial charge in [0.25, 0.3) is 5.91 Å². The summed E-state index contributed by atoms with van der Waals surface area (Å²) in [6.07, 6.45) is 3.14. The molecule has 0 aliphatic carbocycles. The van der Waals surface area contributed by atoms with Crippen LogP contribution in [0.25, 0.3) is 28.0 Å². The van der Waals surface area contributed by atoms with Crippen LogP contribution in [0.15, 0.2) is 108 Å². The lowest BCUT2D eigenvalue weighted by Crippen LogP contribution is -2.19. The monoisotopic (exact) mass is 401 g/mol. The van der Waals surface area contributed by atoms with Crippen molar-refractivity contribution in [2.24, 2.45) is 5.10 Å². The quantitative estimate of drug-likeness (QED) is 0.206. The summed E-state index contributed by atoms with van der Waals surface area (Å²) in [7, 11) is 0. The van der Waals surface area contributed by atoms with Crippen molar-refractivity contribution in [3.05, 3.63) is 114 Å². The second-order valence-corrected chi connectivity index (χ2v) is 6.93. The highest BCUT2D eigenvalue weighted by atomic mass is 16.2. The molecule has 0 saturated carbocycles. The van der Waals surface area contributed by atoms with Gasteiger partial charge in [-0.05, 0) is 33.5 Å². The third kappa shape index (κ3) is 4.75. The van der Waals surface area contributed by atoms with Crippen LogP contribution in [-0.2, 0) is 4.79 Å². The summed E-state index contributed by atoms with van der Waals surface area (Å²) >= 11 is 0. The molecule has 0 aliphatic heterocycles. The van der Waals surface area contributed by atoms with Crippen LogP contribution < -0.4 is 5.43 Å². The van der Waals surface area contributed by atoms with E-state index in [0.29, 0.717) is 0 Å². The van der Waals surface area contributed by atoms with E-state index in [1.165, 1.54) is 0 Å². The molecule has 0 aliphatic rings. The van der Waals surface area contributed by atoms with Gasteiger partial charge in [-0.25, -0.2) is 5.43 Å². The molecular weight excluding hydrogens is 382 g/mol. The van der Waals surface area contributed by atoms with Crippen molar-refractivity contribution in [3.8, 4) is 17.2 Å². The highest BCUT2D eigenvalue weighted by Gasteiger charge is 2.08. The van der Waals surface area contributed by atoms with Crippen LogP contribution in [-0.4, -0.2) is 12.1 Å². The largest absolute Gasteiger partial charge is 0.282 e. The van der Waals surface area contributed by atoms with E-state index < -0.39 is 5.91 Å². The first-order valence-electron chi connectivity index (χ1n) is 9.83. The number of nitrogens with one attached hydrogen (secondary N) is 1. The van der Waals surface area contributed by atoms with E-state index in [1.807, 2.05) is 103 Å². The van der Waals surface area contributed by atoms with Crippen LogP contribution in [0.4, 0.5) is 0 Å². The average molecular weight is 401 g/mol. The van der Waals surface area contributed by atoms with Gasteiger partial charge in [0.15, 0.2) is 0 Å². The number of carbonyl (C=O) groups is 1. The molecule has 31 heavy (non-hydrogen) atoms. The summed E-state index contributed by atoms with van der Waals surface area (Å²) in [6, 6.07) is 33.5. The molecule has 0 fully saturated rings. The number of carbonyl (C=O) groups excluding carboxylic acids is 1. The van der Waals surface area contributed by atoms with Gasteiger partial charge >= 0.3 is 0 Å². The average Bonchev–Trinajstić information content (AvgIpc) is 2.83. The predicted octanol–water partition coefficient (Wildman–Crippen LogP) is 5.56. The van der Waals surface area contributed by atoms with Crippen molar-refractivity contribution >= 4 is 29.0 Å². The number of rotatable bonds is 5. The standard InChI is InChI=1S/C27H19N3O/c28-18-25(17-20-13-15-22(16-14-20)21-7-2-1-3-8-21)27(31)30-29-19-24-11-6-10-23-9-4-5-12-26(23)24/h1-17,19H,(H,30,31)/b25-17+,29-19+. The number of nitriles is 1. The van der Waals surface area contributed by atoms with Crippen molar-refractivity contribution in [2.45, 2.75) is 0 Å². The minimum Gasteiger partial charge on any atom is -0.267 e. The third-order valence-electron chi connectivity index (χ3n) is 4.89. The Labute approximate surface area is 180 Å². The molecule has 148 valence electrons. The zero-order valence-corrected chi connectivity index (χ0v) is 16.7. The Kier molecular flexibility index (Phi) is 5.97. The lowest BCUT2D eigenvalue weighted by molar-refractivity contribution is -0.117. The maximum absolute atomic E-state index is 12.4. The Hall–Kier alpha value is -4.49. The summed E-state index contributed by atoms with van der Waals surface area (Å²) in [5, 5.41) is 15.6. The number of benzene rings is 4. The molecule has 0 bridgehead atoms. The Morgan fingerprint density at radius 3 is 2.26 bits per heavy atom. The number of hydrogen-bond donors (Lipinski definition) is 1. The number of nitrogens with zero attached hydrogens (tertiary/aromatic N) is 2. The number of amides is 1. The van der Waals surface area contributed by atoms with Gasteiger partial charge in [-0.3, -0.25) is 4.79 Å². The van der Waals surface area contributed by atoms with Gasteiger partial charge in [-0.1, -0.05) is 97.1 Å². The molecule has 0 saturated heterocycles. The highest BCUT2D eigenvalue weighted by Crippen LogP contribution is 2.20. The summed E-state index contributed by atoms with van der Waals surface area (Å²) < 4.78 is 0. The predicted molar refractivity (Wildman–Crippen MR) is 125 cm³/mol. The molecule has 0 unspecified atom stereocenters. The Morgan fingerprint density at radius 1 is 0.806 bits per heavy atom. The molecule has 1 amide bonds. The maximum atomic E-state index is 12.4. The Morgan fingerprint density at radius 2 is 1.48 bits per heavy atom. The molecule has 0 heterocycles. The van der Waals surface area contributed by atoms with E-state index in [1.54, 1.807) is 12.3 Å². The molecule has 4 aromatic rings. The van der Waals surface area contributed by atoms with E-state index in [2.05, 4.69) is 10.5 Å². The summed E-state index contributed by atoms with van der Waals surface area (Å²) in [5.74, 6) is -0.550. The summed E-state index contributed by atoms with van der Waals surface area (Å²) in [6.45, 7) is 0.